The van der Waals surface area contributed by atoms with Gasteiger partial charge in [-0.25, -0.2) is 4.39 Å². The van der Waals surface area contributed by atoms with E-state index in [1.54, 1.807) is 24.3 Å². The number of benzene rings is 2. The third kappa shape index (κ3) is 4.85. The van der Waals surface area contributed by atoms with Gasteiger partial charge in [0, 0.05) is 17.3 Å². The van der Waals surface area contributed by atoms with Crippen molar-refractivity contribution in [1.29, 1.82) is 5.26 Å². The summed E-state index contributed by atoms with van der Waals surface area (Å²) in [6.07, 6.45) is 0.161. The second-order valence-electron chi connectivity index (χ2n) is 5.57. The molecule has 0 bridgehead atoms. The number of tetrazole rings is 1. The predicted octanol–water partition coefficient (Wildman–Crippen LogP) is 3.49. The number of hydrogen-bond acceptors (Lipinski definition) is 6. The number of amides is 1. The zero-order chi connectivity index (χ0) is 19.9. The van der Waals surface area contributed by atoms with Gasteiger partial charge in [0.15, 0.2) is 0 Å². The first-order valence-corrected chi connectivity index (χ1v) is 9.55. The third-order valence-corrected chi connectivity index (χ3v) is 4.84. The van der Waals surface area contributed by atoms with Gasteiger partial charge in [-0.1, -0.05) is 29.4 Å². The number of rotatable bonds is 7. The lowest BCUT2D eigenvalue weighted by molar-refractivity contribution is -0.116. The topological polar surface area (TPSA) is 87.7 Å². The number of carbonyl (C=O) groups excluding carboxylic acids is 1. The first-order valence-electron chi connectivity index (χ1n) is 8.18. The molecule has 0 saturated carbocycles. The minimum Gasteiger partial charge on any atom is -0.311 e. The van der Waals surface area contributed by atoms with E-state index in [9.17, 15) is 9.18 Å². The van der Waals surface area contributed by atoms with Crippen LogP contribution in [0, 0.1) is 17.1 Å². The molecule has 0 atom stereocenters. The van der Waals surface area contributed by atoms with E-state index in [0.717, 1.165) is 11.8 Å². The van der Waals surface area contributed by atoms with E-state index in [0.29, 0.717) is 21.6 Å². The van der Waals surface area contributed by atoms with Crippen molar-refractivity contribution in [3.05, 3.63) is 59.4 Å². The Balaban J connectivity index is 1.74. The maximum Gasteiger partial charge on any atom is 0.237 e. The smallest absolute Gasteiger partial charge is 0.237 e. The van der Waals surface area contributed by atoms with Gasteiger partial charge < -0.3 is 4.90 Å². The van der Waals surface area contributed by atoms with Gasteiger partial charge >= 0.3 is 0 Å². The second kappa shape index (κ2) is 9.30. The summed E-state index contributed by atoms with van der Waals surface area (Å²) >= 11 is 7.17. The van der Waals surface area contributed by atoms with Gasteiger partial charge in [-0.2, -0.15) is 9.94 Å². The van der Waals surface area contributed by atoms with Crippen molar-refractivity contribution in [2.24, 2.45) is 0 Å². The number of nitrogens with zero attached hydrogens (tertiary/aromatic N) is 6. The summed E-state index contributed by atoms with van der Waals surface area (Å²) < 4.78 is 14.7. The molecule has 3 rings (SSSR count). The number of thioether (sulfide) groups is 1. The van der Waals surface area contributed by atoms with E-state index < -0.39 is 5.82 Å². The highest BCUT2D eigenvalue weighted by atomic mass is 35.5. The molecule has 7 nitrogen and oxygen atoms in total. The molecule has 1 amide bonds. The lowest BCUT2D eigenvalue weighted by Crippen LogP contribution is -2.33. The van der Waals surface area contributed by atoms with Gasteiger partial charge in [-0.05, 0) is 52.9 Å². The van der Waals surface area contributed by atoms with Crippen LogP contribution >= 0.6 is 23.4 Å². The highest BCUT2D eigenvalue weighted by Gasteiger charge is 2.18. The molecule has 0 spiro atoms. The van der Waals surface area contributed by atoms with Crippen molar-refractivity contribution >= 4 is 35.0 Å². The molecular formula is C18H14ClFN6OS. The first-order chi connectivity index (χ1) is 13.6. The van der Waals surface area contributed by atoms with Crippen LogP contribution in [0.25, 0.3) is 5.69 Å². The number of carbonyl (C=O) groups is 1. The lowest BCUT2D eigenvalue weighted by atomic mass is 10.2. The largest absolute Gasteiger partial charge is 0.311 e. The molecule has 0 radical (unpaired) electrons. The van der Waals surface area contributed by atoms with E-state index in [2.05, 4.69) is 15.5 Å². The molecule has 1 aromatic heterocycles. The Labute approximate surface area is 169 Å². The molecule has 0 aliphatic carbocycles. The summed E-state index contributed by atoms with van der Waals surface area (Å²) in [6.45, 7) is 0.209. The third-order valence-electron chi connectivity index (χ3n) is 3.70. The molecule has 2 aromatic carbocycles. The van der Waals surface area contributed by atoms with Crippen LogP contribution in [-0.4, -0.2) is 38.4 Å². The molecule has 3 aromatic rings. The highest BCUT2D eigenvalue weighted by Crippen LogP contribution is 2.22. The number of hydrogen-bond donors (Lipinski definition) is 0. The Kier molecular flexibility index (Phi) is 6.57. The van der Waals surface area contributed by atoms with Crippen LogP contribution in [0.1, 0.15) is 6.42 Å². The Morgan fingerprint density at radius 2 is 2.07 bits per heavy atom. The molecule has 0 aliphatic heterocycles. The fourth-order valence-electron chi connectivity index (χ4n) is 2.42. The number of nitriles is 1. The van der Waals surface area contributed by atoms with E-state index in [1.807, 2.05) is 6.07 Å². The molecule has 0 fully saturated rings. The Bertz CT molecular complexity index is 1000. The van der Waals surface area contributed by atoms with Crippen molar-refractivity contribution in [3.8, 4) is 11.8 Å². The second-order valence-corrected chi connectivity index (χ2v) is 6.95. The average molecular weight is 417 g/mol. The molecule has 0 aliphatic rings. The average Bonchev–Trinajstić information content (AvgIpc) is 3.16. The van der Waals surface area contributed by atoms with Crippen LogP contribution in [0.2, 0.25) is 5.02 Å². The predicted molar refractivity (Wildman–Crippen MR) is 104 cm³/mol. The van der Waals surface area contributed by atoms with Gasteiger partial charge in [0.25, 0.3) is 0 Å². The lowest BCUT2D eigenvalue weighted by Gasteiger charge is -2.21. The molecule has 10 heteroatoms. The summed E-state index contributed by atoms with van der Waals surface area (Å²) in [5, 5.41) is 21.4. The van der Waals surface area contributed by atoms with E-state index in [4.69, 9.17) is 16.9 Å². The van der Waals surface area contributed by atoms with Crippen LogP contribution in [-0.2, 0) is 4.79 Å². The SMILES string of the molecule is N#CCCN(C(=O)CSc1nnnn1-c1cccc(Cl)c1)c1ccc(F)cc1. The van der Waals surface area contributed by atoms with Crippen LogP contribution in [0.4, 0.5) is 10.1 Å². The minimum atomic E-state index is -0.397. The number of halogens is 2. The normalized spacial score (nSPS) is 10.5. The standard InChI is InChI=1S/C18H14ClFN6OS/c19-13-3-1-4-16(11-13)26-18(22-23-24-26)28-12-17(27)25(10-2-9-21)15-7-5-14(20)6-8-15/h1,3-8,11H,2,10,12H2. The molecule has 1 heterocycles. The summed E-state index contributed by atoms with van der Waals surface area (Å²) in [5.41, 5.74) is 1.20. The molecule has 0 unspecified atom stereocenters. The summed E-state index contributed by atoms with van der Waals surface area (Å²) in [4.78, 5) is 14.2. The monoisotopic (exact) mass is 416 g/mol. The fraction of sp³-hybridized carbons (Fsp3) is 0.167. The Morgan fingerprint density at radius 3 is 2.79 bits per heavy atom. The zero-order valence-electron chi connectivity index (χ0n) is 14.5. The van der Waals surface area contributed by atoms with Crippen molar-refractivity contribution in [1.82, 2.24) is 20.2 Å². The van der Waals surface area contributed by atoms with Crippen LogP contribution in [0.3, 0.4) is 0 Å². The maximum absolute atomic E-state index is 13.2. The summed E-state index contributed by atoms with van der Waals surface area (Å²) in [6, 6.07) is 14.6. The quantitative estimate of drug-likeness (QED) is 0.548. The zero-order valence-corrected chi connectivity index (χ0v) is 16.1. The molecular weight excluding hydrogens is 403 g/mol. The van der Waals surface area contributed by atoms with Crippen LogP contribution in [0.5, 0.6) is 0 Å². The molecule has 28 heavy (non-hydrogen) atoms. The van der Waals surface area contributed by atoms with E-state index >= 15 is 0 Å². The van der Waals surface area contributed by atoms with Gasteiger partial charge in [-0.3, -0.25) is 4.79 Å². The first kappa shape index (κ1) is 19.8. The molecule has 142 valence electrons. The Morgan fingerprint density at radius 1 is 1.29 bits per heavy atom. The van der Waals surface area contributed by atoms with Crippen molar-refractivity contribution in [2.45, 2.75) is 11.6 Å². The van der Waals surface area contributed by atoms with Crippen molar-refractivity contribution < 1.29 is 9.18 Å². The van der Waals surface area contributed by atoms with E-state index in [-0.39, 0.29) is 24.6 Å². The summed E-state index contributed by atoms with van der Waals surface area (Å²) in [5.74, 6) is -0.594. The Hall–Kier alpha value is -2.96. The molecule has 0 saturated heterocycles. The number of aromatic nitrogens is 4. The maximum atomic E-state index is 13.2. The highest BCUT2D eigenvalue weighted by molar-refractivity contribution is 7.99. The van der Waals surface area contributed by atoms with Crippen molar-refractivity contribution in [3.63, 3.8) is 0 Å². The van der Waals surface area contributed by atoms with Crippen LogP contribution < -0.4 is 4.90 Å². The van der Waals surface area contributed by atoms with Crippen LogP contribution in [0.15, 0.2) is 53.7 Å². The fourth-order valence-corrected chi connectivity index (χ4v) is 3.38. The van der Waals surface area contributed by atoms with Gasteiger partial charge in [0.05, 0.1) is 23.9 Å². The van der Waals surface area contributed by atoms with Crippen molar-refractivity contribution in [2.75, 3.05) is 17.2 Å². The summed E-state index contributed by atoms with van der Waals surface area (Å²) in [7, 11) is 0. The van der Waals surface area contributed by atoms with E-state index in [1.165, 1.54) is 33.8 Å². The minimum absolute atomic E-state index is 0.0454. The van der Waals surface area contributed by atoms with Gasteiger partial charge in [-0.15, -0.1) is 5.10 Å². The van der Waals surface area contributed by atoms with Gasteiger partial charge in [0.2, 0.25) is 11.1 Å². The number of anilines is 1. The molecule has 0 N–H and O–H groups in total. The van der Waals surface area contributed by atoms with Gasteiger partial charge in [0.1, 0.15) is 5.82 Å².